The smallest absolute Gasteiger partial charge is 0.270 e. The lowest BCUT2D eigenvalue weighted by atomic mass is 10.0. The molecule has 5 amide bonds. The number of rotatable bonds is 7. The van der Waals surface area contributed by atoms with Crippen LogP contribution in [0.5, 0.6) is 0 Å². The van der Waals surface area contributed by atoms with Crippen molar-refractivity contribution in [1.82, 2.24) is 35.4 Å². The summed E-state index contributed by atoms with van der Waals surface area (Å²) in [6.45, 7) is 4.33. The summed E-state index contributed by atoms with van der Waals surface area (Å²) < 4.78 is 45.9. The summed E-state index contributed by atoms with van der Waals surface area (Å²) in [5.41, 5.74) is 0.695. The summed E-state index contributed by atoms with van der Waals surface area (Å²) in [4.78, 5) is 92.3. The van der Waals surface area contributed by atoms with Gasteiger partial charge in [0.25, 0.3) is 23.3 Å². The first kappa shape index (κ1) is 36.8. The minimum Gasteiger partial charge on any atom is -0.369 e. The number of imide groups is 2. The number of aromatic nitrogens is 3. The van der Waals surface area contributed by atoms with Gasteiger partial charge in [0.2, 0.25) is 17.8 Å². The molecular weight excluding hydrogens is 735 g/mol. The summed E-state index contributed by atoms with van der Waals surface area (Å²) in [6.07, 6.45) is 0.755. The van der Waals surface area contributed by atoms with E-state index in [1.165, 1.54) is 18.2 Å². The fourth-order valence-electron chi connectivity index (χ4n) is 7.80. The highest BCUT2D eigenvalue weighted by atomic mass is 19.1. The maximum absolute atomic E-state index is 15.4. The van der Waals surface area contributed by atoms with E-state index >= 15 is 13.2 Å². The normalized spacial score (nSPS) is 19.5. The number of piperazine rings is 1. The predicted octanol–water partition coefficient (Wildman–Crippen LogP) is 2.17. The molecule has 3 fully saturated rings. The van der Waals surface area contributed by atoms with Gasteiger partial charge in [-0.2, -0.15) is 4.39 Å². The van der Waals surface area contributed by atoms with Crippen molar-refractivity contribution < 1.29 is 37.1 Å². The van der Waals surface area contributed by atoms with E-state index in [1.54, 1.807) is 24.0 Å². The minimum atomic E-state index is -1.17. The summed E-state index contributed by atoms with van der Waals surface area (Å²) in [6, 6.07) is 7.08. The second-order valence-electron chi connectivity index (χ2n) is 14.4. The number of fused-ring (bicyclic) bond motifs is 2. The summed E-state index contributed by atoms with van der Waals surface area (Å²) in [7, 11) is 0. The number of nitrogens with zero attached hydrogens (tertiary/aromatic N) is 6. The molecule has 4 aliphatic rings. The van der Waals surface area contributed by atoms with Crippen LogP contribution in [0.3, 0.4) is 0 Å². The number of aromatic amines is 1. The molecule has 8 rings (SSSR count). The number of hydrogen-bond donors (Lipinski definition) is 3. The number of anilines is 2. The van der Waals surface area contributed by atoms with Crippen molar-refractivity contribution in [3.05, 3.63) is 92.4 Å². The topological polar surface area (TPSA) is 181 Å². The number of piperidine rings is 2. The zero-order valence-corrected chi connectivity index (χ0v) is 30.2. The zero-order chi connectivity index (χ0) is 39.4. The van der Waals surface area contributed by atoms with Gasteiger partial charge in [0.15, 0.2) is 5.82 Å². The molecule has 2 aromatic heterocycles. The number of amides is 5. The molecule has 0 bridgehead atoms. The number of carbonyl (C=O) groups is 5. The van der Waals surface area contributed by atoms with Crippen LogP contribution in [0.2, 0.25) is 0 Å². The SMILES string of the molecule is Cc1nc2ccc(CN3CCN(c4ccc(C(=O)NC5CCN(c6cc7c(cc6F)C(=O)N([C@H]6CCC(=O)NC6=O)C7=O)CC5)nc4F)CC3)c(F)c2[nH]c1=O. The molecule has 0 radical (unpaired) electrons. The molecule has 0 aliphatic carbocycles. The van der Waals surface area contributed by atoms with Gasteiger partial charge in [-0.05, 0) is 56.5 Å². The lowest BCUT2D eigenvalue weighted by Crippen LogP contribution is -2.54. The molecule has 1 atom stereocenters. The fraction of sp³-hybridized carbons (Fsp3) is 0.368. The van der Waals surface area contributed by atoms with Gasteiger partial charge in [-0.1, -0.05) is 6.07 Å². The molecule has 15 nitrogen and oxygen atoms in total. The van der Waals surface area contributed by atoms with E-state index in [2.05, 4.69) is 25.6 Å². The van der Waals surface area contributed by atoms with Crippen LogP contribution < -0.4 is 26.0 Å². The average molecular weight is 772 g/mol. The summed E-state index contributed by atoms with van der Waals surface area (Å²) >= 11 is 0. The van der Waals surface area contributed by atoms with Crippen LogP contribution in [0, 0.1) is 24.5 Å². The maximum atomic E-state index is 15.4. The van der Waals surface area contributed by atoms with E-state index in [-0.39, 0.29) is 58.3 Å². The minimum absolute atomic E-state index is 0.0165. The molecule has 0 unspecified atom stereocenters. The van der Waals surface area contributed by atoms with Gasteiger partial charge in [-0.15, -0.1) is 0 Å². The van der Waals surface area contributed by atoms with E-state index in [0.717, 1.165) is 11.0 Å². The Bertz CT molecular complexity index is 2390. The highest BCUT2D eigenvalue weighted by molar-refractivity contribution is 6.23. The fourth-order valence-corrected chi connectivity index (χ4v) is 7.80. The third-order valence-electron chi connectivity index (χ3n) is 10.9. The Morgan fingerprint density at radius 3 is 2.23 bits per heavy atom. The molecule has 2 aromatic carbocycles. The molecule has 3 N–H and O–H groups in total. The van der Waals surface area contributed by atoms with Crippen LogP contribution in [0.15, 0.2) is 41.2 Å². The Morgan fingerprint density at radius 2 is 1.54 bits per heavy atom. The summed E-state index contributed by atoms with van der Waals surface area (Å²) in [5, 5.41) is 5.00. The van der Waals surface area contributed by atoms with E-state index < -0.39 is 58.7 Å². The first-order valence-electron chi connectivity index (χ1n) is 18.3. The second kappa shape index (κ2) is 14.5. The van der Waals surface area contributed by atoms with Crippen LogP contribution in [0.4, 0.5) is 24.5 Å². The molecule has 0 spiro atoms. The Morgan fingerprint density at radius 1 is 0.839 bits per heavy atom. The van der Waals surface area contributed by atoms with E-state index in [4.69, 9.17) is 0 Å². The number of nitrogens with one attached hydrogen (secondary N) is 3. The van der Waals surface area contributed by atoms with Crippen LogP contribution in [-0.4, -0.2) is 106 Å². The standard InChI is InChI=1S/C38H36F3N9O6/c1-19-34(52)46-32-25(42-19)3-2-20(31(32)40)18-47-12-14-49(15-13-47)27-5-4-26(44-33(27)41)35(53)43-21-8-10-48(11-9-21)29-17-23-22(16-24(29)39)37(55)50(38(23)56)28-6-7-30(51)45-36(28)54/h2-5,16-17,21,28H,6-15,18H2,1H3,(H,43,53)(H,46,52)(H,45,51,54)/t28-/m0/s1. The van der Waals surface area contributed by atoms with Gasteiger partial charge >= 0.3 is 0 Å². The van der Waals surface area contributed by atoms with Crippen molar-refractivity contribution >= 4 is 51.9 Å². The number of aryl methyl sites for hydroxylation is 1. The van der Waals surface area contributed by atoms with Gasteiger partial charge in [0.1, 0.15) is 28.8 Å². The first-order valence-corrected chi connectivity index (χ1v) is 18.3. The molecule has 4 aromatic rings. The number of halogens is 3. The molecule has 6 heterocycles. The van der Waals surface area contributed by atoms with Crippen molar-refractivity contribution in [1.29, 1.82) is 0 Å². The van der Waals surface area contributed by atoms with Crippen molar-refractivity contribution in [3.63, 3.8) is 0 Å². The molecular formula is C38H36F3N9O6. The van der Waals surface area contributed by atoms with Crippen molar-refractivity contribution in [3.8, 4) is 0 Å². The quantitative estimate of drug-likeness (QED) is 0.185. The van der Waals surface area contributed by atoms with Gasteiger partial charge in [0.05, 0.1) is 28.0 Å². The lowest BCUT2D eigenvalue weighted by molar-refractivity contribution is -0.136. The predicted molar refractivity (Wildman–Crippen MR) is 195 cm³/mol. The molecule has 56 heavy (non-hydrogen) atoms. The Kier molecular flexibility index (Phi) is 9.51. The Balaban J connectivity index is 0.845. The van der Waals surface area contributed by atoms with Crippen LogP contribution in [-0.2, 0) is 16.1 Å². The van der Waals surface area contributed by atoms with Crippen LogP contribution >= 0.6 is 0 Å². The van der Waals surface area contributed by atoms with Crippen molar-refractivity contribution in [2.75, 3.05) is 49.1 Å². The van der Waals surface area contributed by atoms with Crippen LogP contribution in [0.25, 0.3) is 11.0 Å². The van der Waals surface area contributed by atoms with E-state index in [0.29, 0.717) is 69.7 Å². The number of pyridine rings is 1. The van der Waals surface area contributed by atoms with Crippen molar-refractivity contribution in [2.45, 2.75) is 51.2 Å². The van der Waals surface area contributed by atoms with Crippen molar-refractivity contribution in [2.24, 2.45) is 0 Å². The average Bonchev–Trinajstić information content (AvgIpc) is 3.41. The highest BCUT2D eigenvalue weighted by Gasteiger charge is 2.45. The number of hydrogen-bond acceptors (Lipinski definition) is 11. The van der Waals surface area contributed by atoms with E-state index in [1.807, 2.05) is 9.80 Å². The number of benzene rings is 2. The second-order valence-corrected chi connectivity index (χ2v) is 14.4. The molecule has 18 heteroatoms. The van der Waals surface area contributed by atoms with Gasteiger partial charge in [0, 0.05) is 63.8 Å². The van der Waals surface area contributed by atoms with Gasteiger partial charge < -0.3 is 20.1 Å². The molecule has 0 saturated carbocycles. The molecule has 3 saturated heterocycles. The van der Waals surface area contributed by atoms with E-state index in [9.17, 15) is 28.8 Å². The maximum Gasteiger partial charge on any atom is 0.270 e. The third kappa shape index (κ3) is 6.73. The largest absolute Gasteiger partial charge is 0.369 e. The molecule has 290 valence electrons. The highest BCUT2D eigenvalue weighted by Crippen LogP contribution is 2.34. The Hall–Kier alpha value is -6.17. The summed E-state index contributed by atoms with van der Waals surface area (Å²) in [5.74, 6) is -5.41. The zero-order valence-electron chi connectivity index (χ0n) is 30.2. The monoisotopic (exact) mass is 771 g/mol. The Labute approximate surface area is 316 Å². The first-order chi connectivity index (χ1) is 26.9. The third-order valence-corrected chi connectivity index (χ3v) is 10.9. The van der Waals surface area contributed by atoms with Crippen LogP contribution in [0.1, 0.15) is 68.1 Å². The van der Waals surface area contributed by atoms with Gasteiger partial charge in [-0.3, -0.25) is 43.9 Å². The number of H-pyrrole nitrogens is 1. The van der Waals surface area contributed by atoms with Gasteiger partial charge in [-0.25, -0.2) is 18.7 Å². The number of carbonyl (C=O) groups excluding carboxylic acids is 5. The molecule has 4 aliphatic heterocycles. The lowest BCUT2D eigenvalue weighted by Gasteiger charge is -2.36.